The second kappa shape index (κ2) is 13.7. The van der Waals surface area contributed by atoms with Gasteiger partial charge in [-0.2, -0.15) is 13.2 Å². The number of piperazine rings is 1. The van der Waals surface area contributed by atoms with E-state index in [4.69, 9.17) is 11.4 Å². The Morgan fingerprint density at radius 1 is 0.936 bits per heavy atom. The zero-order valence-electron chi connectivity index (χ0n) is 28.8. The number of nitrogens with zero attached hydrogens (tertiary/aromatic N) is 5. The average molecular weight is 648 g/mol. The fraction of sp³-hybridized carbons (Fsp3) is 0.615. The van der Waals surface area contributed by atoms with E-state index in [1.807, 2.05) is 18.3 Å². The fourth-order valence-corrected chi connectivity index (χ4v) is 8.25. The maximum Gasteiger partial charge on any atom is 0.406 e. The third-order valence-corrected chi connectivity index (χ3v) is 10.7. The van der Waals surface area contributed by atoms with Gasteiger partial charge in [0.25, 0.3) is 0 Å². The number of fused-ring (bicyclic) bond motifs is 2. The lowest BCUT2D eigenvalue weighted by Gasteiger charge is -2.45. The first-order valence-electron chi connectivity index (χ1n) is 17.8. The molecule has 3 fully saturated rings. The van der Waals surface area contributed by atoms with Gasteiger partial charge in [-0.15, -0.1) is 12.3 Å². The van der Waals surface area contributed by atoms with Gasteiger partial charge in [0, 0.05) is 67.3 Å². The van der Waals surface area contributed by atoms with Gasteiger partial charge in [-0.25, -0.2) is 0 Å². The van der Waals surface area contributed by atoms with Crippen LogP contribution in [0.2, 0.25) is 0 Å². The predicted molar refractivity (Wildman–Crippen MR) is 188 cm³/mol. The van der Waals surface area contributed by atoms with Crippen LogP contribution >= 0.6 is 0 Å². The molecule has 6 rings (SSSR count). The predicted octanol–water partition coefficient (Wildman–Crippen LogP) is 9.04. The highest BCUT2D eigenvalue weighted by Crippen LogP contribution is 2.44. The number of pyridine rings is 1. The highest BCUT2D eigenvalue weighted by molar-refractivity contribution is 5.95. The summed E-state index contributed by atoms with van der Waals surface area (Å²) in [5, 5.41) is 0.914. The van der Waals surface area contributed by atoms with Gasteiger partial charge in [0.2, 0.25) is 0 Å². The van der Waals surface area contributed by atoms with Gasteiger partial charge < -0.3 is 14.4 Å². The molecule has 0 saturated carbocycles. The van der Waals surface area contributed by atoms with Crippen molar-refractivity contribution in [3.05, 3.63) is 41.7 Å². The van der Waals surface area contributed by atoms with Crippen LogP contribution in [0, 0.1) is 17.8 Å². The van der Waals surface area contributed by atoms with E-state index in [-0.39, 0.29) is 11.3 Å². The Morgan fingerprint density at radius 3 is 2.43 bits per heavy atom. The zero-order valence-corrected chi connectivity index (χ0v) is 28.8. The molecule has 8 heteroatoms. The van der Waals surface area contributed by atoms with E-state index in [0.717, 1.165) is 92.1 Å². The minimum absolute atomic E-state index is 0.0396. The van der Waals surface area contributed by atoms with Crippen molar-refractivity contribution < 1.29 is 13.2 Å². The standard InChI is InChI=1S/C39H52F3N5/c1-6-7-16-38(4,5)24-34-32-22-29(44-17-10-8-11-18-44)14-15-35(32)47(27-39(40,41)42)37(34)33-23-31(25-43-36(33)28(2)3)46-21-20-45-19-12-9-13-30(45)26-46/h1,14-15,22-23,25,28,30H,7-13,16-21,24,26-27H2,2-5H3. The van der Waals surface area contributed by atoms with E-state index in [0.29, 0.717) is 30.1 Å². The summed E-state index contributed by atoms with van der Waals surface area (Å²) in [4.78, 5) is 12.4. The first-order valence-corrected chi connectivity index (χ1v) is 17.8. The normalized spacial score (nSPS) is 19.8. The summed E-state index contributed by atoms with van der Waals surface area (Å²) in [6.45, 7) is 13.5. The van der Waals surface area contributed by atoms with E-state index in [2.05, 4.69) is 60.4 Å². The Morgan fingerprint density at radius 2 is 1.70 bits per heavy atom. The summed E-state index contributed by atoms with van der Waals surface area (Å²) >= 11 is 0. The van der Waals surface area contributed by atoms with Crippen molar-refractivity contribution in [2.75, 3.05) is 49.1 Å². The zero-order chi connectivity index (χ0) is 33.3. The van der Waals surface area contributed by atoms with Gasteiger partial charge in [0.1, 0.15) is 6.54 Å². The summed E-state index contributed by atoms with van der Waals surface area (Å²) in [6.07, 6.45) is 12.5. The number of terminal acetylenes is 1. The first-order chi connectivity index (χ1) is 22.4. The maximum absolute atomic E-state index is 14.6. The SMILES string of the molecule is C#CCCC(C)(C)Cc1c(-c2cc(N3CCN4CCCCC4C3)cnc2C(C)C)n(CC(F)(F)F)c2ccc(N3CCCCC3)cc12. The molecule has 0 N–H and O–H groups in total. The van der Waals surface area contributed by atoms with Gasteiger partial charge in [-0.3, -0.25) is 9.88 Å². The second-order valence-electron chi connectivity index (χ2n) is 15.2. The number of aromatic nitrogens is 2. The molecule has 5 heterocycles. The van der Waals surface area contributed by atoms with Crippen LogP contribution in [0.1, 0.15) is 96.2 Å². The molecule has 254 valence electrons. The van der Waals surface area contributed by atoms with E-state index in [1.165, 1.54) is 25.7 Å². The van der Waals surface area contributed by atoms with E-state index in [9.17, 15) is 13.2 Å². The smallest absolute Gasteiger partial charge is 0.372 e. The minimum Gasteiger partial charge on any atom is -0.372 e. The molecule has 0 spiro atoms. The Hall–Kier alpha value is -3.18. The van der Waals surface area contributed by atoms with Crippen molar-refractivity contribution in [2.24, 2.45) is 5.41 Å². The first kappa shape index (κ1) is 33.7. The molecule has 0 radical (unpaired) electrons. The quantitative estimate of drug-likeness (QED) is 0.217. The molecule has 0 aliphatic carbocycles. The molecule has 0 bridgehead atoms. The number of benzene rings is 1. The Balaban J connectivity index is 1.56. The number of halogens is 3. The number of hydrogen-bond donors (Lipinski definition) is 0. The van der Waals surface area contributed by atoms with Crippen molar-refractivity contribution >= 4 is 22.3 Å². The number of piperidine rings is 2. The van der Waals surface area contributed by atoms with Crippen LogP contribution in [0.15, 0.2) is 30.5 Å². The number of hydrogen-bond acceptors (Lipinski definition) is 4. The lowest BCUT2D eigenvalue weighted by molar-refractivity contribution is -0.139. The van der Waals surface area contributed by atoms with Crippen molar-refractivity contribution in [1.29, 1.82) is 0 Å². The lowest BCUT2D eigenvalue weighted by atomic mass is 9.80. The largest absolute Gasteiger partial charge is 0.406 e. The van der Waals surface area contributed by atoms with Gasteiger partial charge >= 0.3 is 6.18 Å². The molecular weight excluding hydrogens is 595 g/mol. The third kappa shape index (κ3) is 7.46. The van der Waals surface area contributed by atoms with Crippen molar-refractivity contribution in [3.63, 3.8) is 0 Å². The van der Waals surface area contributed by atoms with Gasteiger partial charge in [0.05, 0.1) is 23.3 Å². The fourth-order valence-electron chi connectivity index (χ4n) is 8.25. The molecule has 1 unspecified atom stereocenters. The second-order valence-corrected chi connectivity index (χ2v) is 15.2. The van der Waals surface area contributed by atoms with Crippen LogP contribution < -0.4 is 9.80 Å². The maximum atomic E-state index is 14.6. The van der Waals surface area contributed by atoms with Crippen LogP contribution in [0.4, 0.5) is 24.5 Å². The summed E-state index contributed by atoms with van der Waals surface area (Å²) in [5.74, 6) is 2.83. The molecule has 3 saturated heterocycles. The minimum atomic E-state index is -4.39. The van der Waals surface area contributed by atoms with Crippen LogP contribution in [0.3, 0.4) is 0 Å². The van der Waals surface area contributed by atoms with Gasteiger partial charge in [-0.1, -0.05) is 34.1 Å². The highest BCUT2D eigenvalue weighted by Gasteiger charge is 2.35. The molecule has 3 aliphatic rings. The Kier molecular flexibility index (Phi) is 9.86. The van der Waals surface area contributed by atoms with E-state index in [1.54, 1.807) is 4.57 Å². The molecule has 1 atom stereocenters. The molecule has 47 heavy (non-hydrogen) atoms. The molecule has 5 nitrogen and oxygen atoms in total. The monoisotopic (exact) mass is 647 g/mol. The van der Waals surface area contributed by atoms with E-state index >= 15 is 0 Å². The van der Waals surface area contributed by atoms with Gasteiger partial charge in [0.15, 0.2) is 0 Å². The molecule has 3 aromatic rings. The molecule has 0 amide bonds. The van der Waals surface area contributed by atoms with Crippen molar-refractivity contribution in [3.8, 4) is 23.6 Å². The van der Waals surface area contributed by atoms with Crippen LogP contribution in [0.5, 0.6) is 0 Å². The average Bonchev–Trinajstić information content (AvgIpc) is 3.33. The number of alkyl halides is 3. The van der Waals surface area contributed by atoms with Gasteiger partial charge in [-0.05, 0) is 92.7 Å². The van der Waals surface area contributed by atoms with Crippen molar-refractivity contribution in [2.45, 2.75) is 110 Å². The summed E-state index contributed by atoms with van der Waals surface area (Å²) in [5.41, 5.74) is 5.83. The number of rotatable bonds is 9. The van der Waals surface area contributed by atoms with Crippen LogP contribution in [-0.2, 0) is 13.0 Å². The Bertz CT molecular complexity index is 1590. The lowest BCUT2D eigenvalue weighted by Crippen LogP contribution is -2.54. The van der Waals surface area contributed by atoms with Crippen LogP contribution in [0.25, 0.3) is 22.2 Å². The number of anilines is 2. The summed E-state index contributed by atoms with van der Waals surface area (Å²) in [7, 11) is 0. The van der Waals surface area contributed by atoms with Crippen LogP contribution in [-0.4, -0.2) is 65.9 Å². The highest BCUT2D eigenvalue weighted by atomic mass is 19.4. The van der Waals surface area contributed by atoms with E-state index < -0.39 is 12.7 Å². The third-order valence-electron chi connectivity index (χ3n) is 10.7. The molecular formula is C39H52F3N5. The van der Waals surface area contributed by atoms with Crippen molar-refractivity contribution in [1.82, 2.24) is 14.5 Å². The Labute approximate surface area is 279 Å². The summed E-state index contributed by atoms with van der Waals surface area (Å²) < 4.78 is 45.2. The molecule has 1 aromatic carbocycles. The summed E-state index contributed by atoms with van der Waals surface area (Å²) in [6, 6.07) is 8.80. The molecule has 2 aromatic heterocycles. The molecule has 3 aliphatic heterocycles. The topological polar surface area (TPSA) is 27.5 Å².